The summed E-state index contributed by atoms with van der Waals surface area (Å²) in [6, 6.07) is 1.62. The lowest BCUT2D eigenvalue weighted by atomic mass is 10.2. The van der Waals surface area contributed by atoms with E-state index in [0.717, 1.165) is 22.7 Å². The molecule has 1 saturated heterocycles. The van der Waals surface area contributed by atoms with Gasteiger partial charge in [-0.25, -0.2) is 4.98 Å². The number of hydrogen-bond donors (Lipinski definition) is 1. The number of ether oxygens (including phenoxy) is 1. The van der Waals surface area contributed by atoms with Gasteiger partial charge >= 0.3 is 0 Å². The molecule has 1 N–H and O–H groups in total. The first-order valence-corrected chi connectivity index (χ1v) is 11.8. The lowest BCUT2D eigenvalue weighted by molar-refractivity contribution is 0.0840. The quantitative estimate of drug-likeness (QED) is 0.426. The normalized spacial score (nSPS) is 19.1. The minimum absolute atomic E-state index is 0. The topological polar surface area (TPSA) is 39.1 Å². The van der Waals surface area contributed by atoms with Crippen molar-refractivity contribution >= 4 is 43.1 Å². The Morgan fingerprint density at radius 3 is 2.85 bits per heavy atom. The van der Waals surface area contributed by atoms with Gasteiger partial charge in [-0.3, -0.25) is 0 Å². The molecule has 0 aromatic carbocycles. The molecule has 0 saturated carbocycles. The molecular weight excluding hydrogens is 405 g/mol. The number of nitrogens with one attached hydrogen (secondary N) is 1. The molecule has 0 aliphatic carbocycles. The Bertz CT molecular complexity index is 416. The largest absolute Gasteiger partial charge is 0.361 e. The van der Waals surface area contributed by atoms with Crippen molar-refractivity contribution in [2.75, 3.05) is 13.2 Å². The van der Waals surface area contributed by atoms with Crippen LogP contribution in [0, 0.1) is 3.70 Å². The second-order valence-electron chi connectivity index (χ2n) is 6.39. The van der Waals surface area contributed by atoms with E-state index in [1.165, 1.54) is 18.9 Å². The van der Waals surface area contributed by atoms with Gasteiger partial charge in [-0.15, -0.1) is 12.4 Å². The molecular formula is C13H25ClIN3OSi. The SMILES string of the molecule is C[Si](C)(C)CCOCn1cc(I)nc1[C@@H]1CCCN1.Cl. The molecule has 2 rings (SSSR count). The van der Waals surface area contributed by atoms with Crippen LogP contribution in [-0.2, 0) is 11.5 Å². The van der Waals surface area contributed by atoms with Crippen LogP contribution in [0.25, 0.3) is 0 Å². The zero-order chi connectivity index (χ0) is 13.9. The highest BCUT2D eigenvalue weighted by atomic mass is 127. The molecule has 1 fully saturated rings. The minimum Gasteiger partial charge on any atom is -0.361 e. The third-order valence-corrected chi connectivity index (χ3v) is 5.60. The van der Waals surface area contributed by atoms with Gasteiger partial charge in [0.15, 0.2) is 0 Å². The fraction of sp³-hybridized carbons (Fsp3) is 0.769. The van der Waals surface area contributed by atoms with Crippen molar-refractivity contribution in [3.05, 3.63) is 15.7 Å². The van der Waals surface area contributed by atoms with E-state index in [-0.39, 0.29) is 12.4 Å². The minimum atomic E-state index is -0.993. The van der Waals surface area contributed by atoms with E-state index in [0.29, 0.717) is 12.8 Å². The summed E-state index contributed by atoms with van der Waals surface area (Å²) in [5.41, 5.74) is 0. The molecule has 116 valence electrons. The molecule has 0 radical (unpaired) electrons. The molecule has 7 heteroatoms. The Labute approximate surface area is 142 Å². The molecule has 1 aliphatic rings. The molecule has 1 aromatic heterocycles. The van der Waals surface area contributed by atoms with E-state index >= 15 is 0 Å². The molecule has 0 unspecified atom stereocenters. The molecule has 4 nitrogen and oxygen atoms in total. The van der Waals surface area contributed by atoms with Crippen LogP contribution in [0.4, 0.5) is 0 Å². The smallest absolute Gasteiger partial charge is 0.129 e. The highest BCUT2D eigenvalue weighted by Gasteiger charge is 2.22. The van der Waals surface area contributed by atoms with Gasteiger partial charge in [-0.05, 0) is 48.0 Å². The number of rotatable bonds is 6. The third kappa shape index (κ3) is 5.63. The predicted octanol–water partition coefficient (Wildman–Crippen LogP) is 3.65. The summed E-state index contributed by atoms with van der Waals surface area (Å²) in [5.74, 6) is 1.13. The van der Waals surface area contributed by atoms with Crippen LogP contribution in [0.2, 0.25) is 25.7 Å². The molecule has 0 bridgehead atoms. The predicted molar refractivity (Wildman–Crippen MR) is 96.3 cm³/mol. The fourth-order valence-electron chi connectivity index (χ4n) is 2.22. The standard InChI is InChI=1S/C13H24IN3OSi.ClH/c1-19(2,3)8-7-18-10-17-9-12(14)16-13(17)11-5-4-6-15-11;/h9,11,15H,4-8,10H2,1-3H3;1H/t11-;/m0./s1. The summed E-state index contributed by atoms with van der Waals surface area (Å²) in [7, 11) is -0.993. The van der Waals surface area contributed by atoms with E-state index in [9.17, 15) is 0 Å². The number of imidazole rings is 1. The molecule has 1 aromatic rings. The molecule has 0 amide bonds. The number of nitrogens with zero attached hydrogens (tertiary/aromatic N) is 2. The van der Waals surface area contributed by atoms with Crippen molar-refractivity contribution in [3.8, 4) is 0 Å². The van der Waals surface area contributed by atoms with E-state index in [4.69, 9.17) is 4.74 Å². The van der Waals surface area contributed by atoms with Crippen LogP contribution in [0.15, 0.2) is 6.20 Å². The zero-order valence-corrected chi connectivity index (χ0v) is 16.5. The Morgan fingerprint density at radius 2 is 2.25 bits per heavy atom. The summed E-state index contributed by atoms with van der Waals surface area (Å²) in [5, 5.41) is 3.51. The third-order valence-electron chi connectivity index (χ3n) is 3.38. The Hall–Kier alpha value is 0.367. The Balaban J connectivity index is 0.00000200. The van der Waals surface area contributed by atoms with Crippen molar-refractivity contribution in [3.63, 3.8) is 0 Å². The van der Waals surface area contributed by atoms with Crippen LogP contribution in [0.5, 0.6) is 0 Å². The summed E-state index contributed by atoms with van der Waals surface area (Å²) in [6.07, 6.45) is 4.51. The van der Waals surface area contributed by atoms with Crippen molar-refractivity contribution in [1.29, 1.82) is 0 Å². The maximum atomic E-state index is 5.84. The summed E-state index contributed by atoms with van der Waals surface area (Å²) in [6.45, 7) is 9.74. The fourth-order valence-corrected chi connectivity index (χ4v) is 3.56. The summed E-state index contributed by atoms with van der Waals surface area (Å²) < 4.78 is 9.05. The zero-order valence-electron chi connectivity index (χ0n) is 12.5. The maximum Gasteiger partial charge on any atom is 0.129 e. The lowest BCUT2D eigenvalue weighted by Crippen LogP contribution is -2.23. The lowest BCUT2D eigenvalue weighted by Gasteiger charge is -2.17. The number of hydrogen-bond acceptors (Lipinski definition) is 3. The van der Waals surface area contributed by atoms with Crippen LogP contribution >= 0.6 is 35.0 Å². The van der Waals surface area contributed by atoms with Gasteiger partial charge in [0.05, 0.1) is 6.04 Å². The van der Waals surface area contributed by atoms with E-state index < -0.39 is 8.07 Å². The van der Waals surface area contributed by atoms with Crippen molar-refractivity contribution in [2.24, 2.45) is 0 Å². The first kappa shape index (κ1) is 18.4. The molecule has 1 atom stereocenters. The van der Waals surface area contributed by atoms with Crippen LogP contribution in [-0.4, -0.2) is 30.8 Å². The highest BCUT2D eigenvalue weighted by Crippen LogP contribution is 2.23. The molecule has 20 heavy (non-hydrogen) atoms. The number of aromatic nitrogens is 2. The van der Waals surface area contributed by atoms with E-state index in [2.05, 4.69) is 63.3 Å². The Kier molecular flexibility index (Phi) is 7.48. The molecule has 2 heterocycles. The van der Waals surface area contributed by atoms with Gasteiger partial charge in [0.25, 0.3) is 0 Å². The molecule has 1 aliphatic heterocycles. The van der Waals surface area contributed by atoms with Gasteiger partial charge in [-0.1, -0.05) is 19.6 Å². The van der Waals surface area contributed by atoms with Crippen LogP contribution in [0.1, 0.15) is 24.7 Å². The van der Waals surface area contributed by atoms with Crippen molar-refractivity contribution in [2.45, 2.75) is 51.3 Å². The van der Waals surface area contributed by atoms with Crippen LogP contribution < -0.4 is 5.32 Å². The maximum absolute atomic E-state index is 5.84. The number of halogens is 2. The summed E-state index contributed by atoms with van der Waals surface area (Å²) >= 11 is 2.28. The van der Waals surface area contributed by atoms with Crippen molar-refractivity contribution < 1.29 is 4.74 Å². The average Bonchev–Trinajstić information content (AvgIpc) is 2.91. The average molecular weight is 430 g/mol. The van der Waals surface area contributed by atoms with Gasteiger partial charge < -0.3 is 14.6 Å². The first-order chi connectivity index (χ1) is 8.96. The van der Waals surface area contributed by atoms with E-state index in [1.54, 1.807) is 0 Å². The Morgan fingerprint density at radius 1 is 1.50 bits per heavy atom. The second kappa shape index (κ2) is 8.12. The van der Waals surface area contributed by atoms with Crippen molar-refractivity contribution in [1.82, 2.24) is 14.9 Å². The summed E-state index contributed by atoms with van der Waals surface area (Å²) in [4.78, 5) is 4.64. The molecule has 0 spiro atoms. The van der Waals surface area contributed by atoms with Gasteiger partial charge in [0.1, 0.15) is 16.3 Å². The van der Waals surface area contributed by atoms with E-state index in [1.807, 2.05) is 0 Å². The van der Waals surface area contributed by atoms with Gasteiger partial charge in [0, 0.05) is 20.9 Å². The highest BCUT2D eigenvalue weighted by molar-refractivity contribution is 14.1. The second-order valence-corrected chi connectivity index (χ2v) is 13.1. The first-order valence-electron chi connectivity index (χ1n) is 6.99. The van der Waals surface area contributed by atoms with Gasteiger partial charge in [0.2, 0.25) is 0 Å². The monoisotopic (exact) mass is 429 g/mol. The van der Waals surface area contributed by atoms with Crippen LogP contribution in [0.3, 0.4) is 0 Å². The van der Waals surface area contributed by atoms with Gasteiger partial charge in [-0.2, -0.15) is 0 Å².